The van der Waals surface area contributed by atoms with Gasteiger partial charge in [-0.15, -0.1) is 0 Å². The molecule has 1 aromatic carbocycles. The molecule has 0 aliphatic rings. The van der Waals surface area contributed by atoms with Gasteiger partial charge in [-0.1, -0.05) is 26.0 Å². The van der Waals surface area contributed by atoms with Gasteiger partial charge in [-0.3, -0.25) is 4.79 Å². The number of furan rings is 1. The standard InChI is InChI=1S/C15H16BrNO2/c1-3-10(2)11-4-6-12(7-5-11)17-15(18)13-8-9-14(16)19-13/h4-10H,3H2,1-2H3,(H,17,18)/t10-/m1/s1. The molecule has 1 heterocycles. The Hall–Kier alpha value is -1.55. The fraction of sp³-hybridized carbons (Fsp3) is 0.267. The number of nitrogens with one attached hydrogen (secondary N) is 1. The molecule has 0 radical (unpaired) electrons. The summed E-state index contributed by atoms with van der Waals surface area (Å²) >= 11 is 3.17. The van der Waals surface area contributed by atoms with E-state index in [0.29, 0.717) is 10.6 Å². The third-order valence-corrected chi connectivity index (χ3v) is 3.57. The van der Waals surface area contributed by atoms with E-state index in [2.05, 4.69) is 35.1 Å². The molecule has 3 nitrogen and oxygen atoms in total. The fourth-order valence-corrected chi connectivity index (χ4v) is 2.07. The molecule has 0 saturated heterocycles. The number of halogens is 1. The zero-order valence-electron chi connectivity index (χ0n) is 10.9. The first-order valence-electron chi connectivity index (χ1n) is 6.26. The minimum Gasteiger partial charge on any atom is -0.444 e. The van der Waals surface area contributed by atoms with Crippen LogP contribution in [-0.4, -0.2) is 5.91 Å². The second-order valence-electron chi connectivity index (χ2n) is 4.49. The molecule has 1 atom stereocenters. The normalized spacial score (nSPS) is 12.2. The van der Waals surface area contributed by atoms with E-state index in [1.54, 1.807) is 12.1 Å². The van der Waals surface area contributed by atoms with Gasteiger partial charge in [0.2, 0.25) is 0 Å². The summed E-state index contributed by atoms with van der Waals surface area (Å²) in [5, 5.41) is 2.80. The van der Waals surface area contributed by atoms with Gasteiger partial charge in [0.1, 0.15) is 0 Å². The summed E-state index contributed by atoms with van der Waals surface area (Å²) < 4.78 is 5.75. The molecule has 100 valence electrons. The Balaban J connectivity index is 2.05. The van der Waals surface area contributed by atoms with Crippen LogP contribution in [0.5, 0.6) is 0 Å². The number of rotatable bonds is 4. The highest BCUT2D eigenvalue weighted by Crippen LogP contribution is 2.21. The van der Waals surface area contributed by atoms with Gasteiger partial charge in [0.05, 0.1) is 0 Å². The molecule has 0 unspecified atom stereocenters. The Morgan fingerprint density at radius 3 is 2.47 bits per heavy atom. The molecule has 19 heavy (non-hydrogen) atoms. The van der Waals surface area contributed by atoms with Crippen molar-refractivity contribution in [2.24, 2.45) is 0 Å². The van der Waals surface area contributed by atoms with Crippen LogP contribution < -0.4 is 5.32 Å². The topological polar surface area (TPSA) is 42.2 Å². The predicted octanol–water partition coefficient (Wildman–Crippen LogP) is 4.81. The molecule has 1 amide bonds. The molecular formula is C15H16BrNO2. The van der Waals surface area contributed by atoms with Crippen molar-refractivity contribution in [3.8, 4) is 0 Å². The van der Waals surface area contributed by atoms with E-state index in [1.165, 1.54) is 5.56 Å². The summed E-state index contributed by atoms with van der Waals surface area (Å²) in [6.07, 6.45) is 1.10. The average molecular weight is 322 g/mol. The van der Waals surface area contributed by atoms with Crippen LogP contribution in [0.25, 0.3) is 0 Å². The van der Waals surface area contributed by atoms with Crippen LogP contribution in [0.1, 0.15) is 42.3 Å². The lowest BCUT2D eigenvalue weighted by molar-refractivity contribution is 0.0995. The summed E-state index contributed by atoms with van der Waals surface area (Å²) in [5.74, 6) is 0.575. The maximum atomic E-state index is 11.9. The van der Waals surface area contributed by atoms with Gasteiger partial charge < -0.3 is 9.73 Å². The molecule has 0 aliphatic heterocycles. The predicted molar refractivity (Wildman–Crippen MR) is 79.5 cm³/mol. The largest absolute Gasteiger partial charge is 0.444 e. The molecule has 2 aromatic rings. The van der Waals surface area contributed by atoms with Gasteiger partial charge in [0, 0.05) is 5.69 Å². The van der Waals surface area contributed by atoms with Gasteiger partial charge in [-0.25, -0.2) is 0 Å². The number of carbonyl (C=O) groups is 1. The molecule has 0 aliphatic carbocycles. The maximum absolute atomic E-state index is 11.9. The molecule has 1 N–H and O–H groups in total. The summed E-state index contributed by atoms with van der Waals surface area (Å²) in [6, 6.07) is 11.2. The second kappa shape index (κ2) is 6.06. The quantitative estimate of drug-likeness (QED) is 0.878. The number of benzene rings is 1. The van der Waals surface area contributed by atoms with Crippen LogP contribution in [0.15, 0.2) is 45.5 Å². The number of anilines is 1. The lowest BCUT2D eigenvalue weighted by Gasteiger charge is -2.10. The van der Waals surface area contributed by atoms with E-state index in [4.69, 9.17) is 4.42 Å². The first-order valence-corrected chi connectivity index (χ1v) is 7.06. The van der Waals surface area contributed by atoms with E-state index < -0.39 is 0 Å². The SMILES string of the molecule is CC[C@@H](C)c1ccc(NC(=O)c2ccc(Br)o2)cc1. The first-order chi connectivity index (χ1) is 9.10. The summed E-state index contributed by atoms with van der Waals surface area (Å²) in [7, 11) is 0. The third-order valence-electron chi connectivity index (χ3n) is 3.15. The van der Waals surface area contributed by atoms with E-state index in [0.717, 1.165) is 12.1 Å². The lowest BCUT2D eigenvalue weighted by atomic mass is 9.99. The van der Waals surface area contributed by atoms with Crippen molar-refractivity contribution in [3.63, 3.8) is 0 Å². The highest BCUT2D eigenvalue weighted by molar-refractivity contribution is 9.10. The second-order valence-corrected chi connectivity index (χ2v) is 5.27. The first kappa shape index (κ1) is 13.9. The van der Waals surface area contributed by atoms with Gasteiger partial charge >= 0.3 is 0 Å². The van der Waals surface area contributed by atoms with E-state index >= 15 is 0 Å². The van der Waals surface area contributed by atoms with Gasteiger partial charge in [-0.2, -0.15) is 0 Å². The molecular weight excluding hydrogens is 306 g/mol. The zero-order chi connectivity index (χ0) is 13.8. The van der Waals surface area contributed by atoms with E-state index in [9.17, 15) is 4.79 Å². The highest BCUT2D eigenvalue weighted by atomic mass is 79.9. The van der Waals surface area contributed by atoms with Crippen LogP contribution in [0.2, 0.25) is 0 Å². The molecule has 2 rings (SSSR count). The van der Waals surface area contributed by atoms with Crippen molar-refractivity contribution in [1.82, 2.24) is 0 Å². The molecule has 4 heteroatoms. The van der Waals surface area contributed by atoms with Crippen LogP contribution in [-0.2, 0) is 0 Å². The monoisotopic (exact) mass is 321 g/mol. The van der Waals surface area contributed by atoms with Crippen molar-refractivity contribution >= 4 is 27.5 Å². The molecule has 0 saturated carbocycles. The zero-order valence-corrected chi connectivity index (χ0v) is 12.5. The third kappa shape index (κ3) is 3.47. The average Bonchev–Trinajstić information content (AvgIpc) is 2.85. The molecule has 1 aromatic heterocycles. The molecule has 0 fully saturated rings. The van der Waals surface area contributed by atoms with Crippen LogP contribution in [0.3, 0.4) is 0 Å². The smallest absolute Gasteiger partial charge is 0.291 e. The molecule has 0 spiro atoms. The summed E-state index contributed by atoms with van der Waals surface area (Å²) in [5.41, 5.74) is 2.05. The number of carbonyl (C=O) groups excluding carboxylic acids is 1. The summed E-state index contributed by atoms with van der Waals surface area (Å²) in [4.78, 5) is 11.9. The van der Waals surface area contributed by atoms with Crippen molar-refractivity contribution in [3.05, 3.63) is 52.4 Å². The van der Waals surface area contributed by atoms with Crippen LogP contribution in [0.4, 0.5) is 5.69 Å². The van der Waals surface area contributed by atoms with Crippen molar-refractivity contribution in [1.29, 1.82) is 0 Å². The molecule has 0 bridgehead atoms. The minimum absolute atomic E-state index is 0.248. The highest BCUT2D eigenvalue weighted by Gasteiger charge is 2.10. The van der Waals surface area contributed by atoms with Crippen molar-refractivity contribution in [2.45, 2.75) is 26.2 Å². The Labute approximate surface area is 121 Å². The van der Waals surface area contributed by atoms with Crippen molar-refractivity contribution < 1.29 is 9.21 Å². The van der Waals surface area contributed by atoms with Gasteiger partial charge in [-0.05, 0) is 58.1 Å². The number of hydrogen-bond acceptors (Lipinski definition) is 2. The number of hydrogen-bond donors (Lipinski definition) is 1. The Morgan fingerprint density at radius 2 is 1.95 bits per heavy atom. The van der Waals surface area contributed by atoms with Gasteiger partial charge in [0.25, 0.3) is 5.91 Å². The van der Waals surface area contributed by atoms with Crippen LogP contribution >= 0.6 is 15.9 Å². The Bertz CT molecular complexity index is 560. The fourth-order valence-electron chi connectivity index (χ4n) is 1.76. The van der Waals surface area contributed by atoms with Crippen LogP contribution in [0, 0.1) is 0 Å². The van der Waals surface area contributed by atoms with Gasteiger partial charge in [0.15, 0.2) is 10.4 Å². The van der Waals surface area contributed by atoms with E-state index in [1.807, 2.05) is 24.3 Å². The Kier molecular flexibility index (Phi) is 4.43. The Morgan fingerprint density at radius 1 is 1.26 bits per heavy atom. The summed E-state index contributed by atoms with van der Waals surface area (Å²) in [6.45, 7) is 4.35. The van der Waals surface area contributed by atoms with E-state index in [-0.39, 0.29) is 11.7 Å². The maximum Gasteiger partial charge on any atom is 0.291 e. The minimum atomic E-state index is -0.248. The number of amides is 1. The van der Waals surface area contributed by atoms with Crippen molar-refractivity contribution in [2.75, 3.05) is 5.32 Å². The lowest BCUT2D eigenvalue weighted by Crippen LogP contribution is -2.10.